The molecule has 80 valence electrons. The van der Waals surface area contributed by atoms with Crippen molar-refractivity contribution < 1.29 is 4.74 Å². The van der Waals surface area contributed by atoms with Crippen LogP contribution >= 0.6 is 0 Å². The molecule has 0 spiro atoms. The number of benzene rings is 1. The molecule has 0 aromatic heterocycles. The predicted molar refractivity (Wildman–Crippen MR) is 60.7 cm³/mol. The van der Waals surface area contributed by atoms with E-state index >= 15 is 0 Å². The summed E-state index contributed by atoms with van der Waals surface area (Å²) < 4.78 is 5.15. The topological polar surface area (TPSA) is 33.0 Å². The zero-order chi connectivity index (χ0) is 11.3. The Labute approximate surface area is 91.5 Å². The molecule has 1 aromatic rings. The van der Waals surface area contributed by atoms with Gasteiger partial charge in [0.05, 0.1) is 18.6 Å². The first-order valence-electron chi connectivity index (χ1n) is 5.18. The summed E-state index contributed by atoms with van der Waals surface area (Å²) in [4.78, 5) is 0. The third-order valence-electron chi connectivity index (χ3n) is 2.78. The molecule has 0 heterocycles. The Bertz CT molecular complexity index is 367. The van der Waals surface area contributed by atoms with Crippen LogP contribution in [0.4, 0.5) is 0 Å². The first kappa shape index (κ1) is 11.6. The first-order valence-corrected chi connectivity index (χ1v) is 5.18. The van der Waals surface area contributed by atoms with Crippen LogP contribution in [0.2, 0.25) is 0 Å². The van der Waals surface area contributed by atoms with Gasteiger partial charge in [-0.15, -0.1) is 0 Å². The Morgan fingerprint density at radius 3 is 2.73 bits per heavy atom. The molecule has 0 saturated heterocycles. The summed E-state index contributed by atoms with van der Waals surface area (Å²) in [7, 11) is 1.66. The lowest BCUT2D eigenvalue weighted by atomic mass is 9.83. The molecule has 1 unspecified atom stereocenters. The maximum atomic E-state index is 9.09. The first-order chi connectivity index (χ1) is 7.13. The zero-order valence-corrected chi connectivity index (χ0v) is 9.58. The zero-order valence-electron chi connectivity index (χ0n) is 9.58. The Balaban J connectivity index is 2.85. The van der Waals surface area contributed by atoms with Crippen molar-refractivity contribution in [3.05, 3.63) is 29.8 Å². The van der Waals surface area contributed by atoms with Crippen molar-refractivity contribution >= 4 is 0 Å². The molecule has 0 bridgehead atoms. The fourth-order valence-corrected chi connectivity index (χ4v) is 1.48. The second kappa shape index (κ2) is 4.84. The van der Waals surface area contributed by atoms with E-state index in [0.717, 1.165) is 24.2 Å². The van der Waals surface area contributed by atoms with Crippen LogP contribution in [0, 0.1) is 16.7 Å². The van der Waals surface area contributed by atoms with Gasteiger partial charge in [0.15, 0.2) is 0 Å². The molecule has 1 rings (SSSR count). The van der Waals surface area contributed by atoms with E-state index in [1.807, 2.05) is 38.1 Å². The number of hydrogen-bond donors (Lipinski definition) is 0. The van der Waals surface area contributed by atoms with Crippen molar-refractivity contribution in [1.82, 2.24) is 0 Å². The van der Waals surface area contributed by atoms with Crippen LogP contribution < -0.4 is 4.74 Å². The summed E-state index contributed by atoms with van der Waals surface area (Å²) in [5.74, 6) is 0.851. The molecule has 0 radical (unpaired) electrons. The quantitative estimate of drug-likeness (QED) is 0.753. The minimum Gasteiger partial charge on any atom is -0.497 e. The number of nitriles is 1. The Kier molecular flexibility index (Phi) is 3.74. The van der Waals surface area contributed by atoms with Gasteiger partial charge in [0.2, 0.25) is 0 Å². The summed E-state index contributed by atoms with van der Waals surface area (Å²) in [5.41, 5.74) is 0.882. The van der Waals surface area contributed by atoms with Gasteiger partial charge in [-0.05, 0) is 37.5 Å². The number of hydrogen-bond acceptors (Lipinski definition) is 2. The van der Waals surface area contributed by atoms with E-state index in [1.165, 1.54) is 0 Å². The van der Waals surface area contributed by atoms with Gasteiger partial charge in [-0.25, -0.2) is 0 Å². The van der Waals surface area contributed by atoms with Crippen LogP contribution in [0.3, 0.4) is 0 Å². The highest BCUT2D eigenvalue weighted by Gasteiger charge is 2.21. The normalized spacial score (nSPS) is 14.0. The molecule has 0 aliphatic heterocycles. The minimum absolute atomic E-state index is 0.271. The lowest BCUT2D eigenvalue weighted by Gasteiger charge is -2.19. The van der Waals surface area contributed by atoms with E-state index in [4.69, 9.17) is 10.00 Å². The maximum absolute atomic E-state index is 9.09. The van der Waals surface area contributed by atoms with E-state index in [9.17, 15) is 0 Å². The van der Waals surface area contributed by atoms with Crippen molar-refractivity contribution in [3.8, 4) is 11.8 Å². The highest BCUT2D eigenvalue weighted by atomic mass is 16.5. The van der Waals surface area contributed by atoms with Crippen molar-refractivity contribution in [2.75, 3.05) is 7.11 Å². The average molecular weight is 203 g/mol. The fraction of sp³-hybridized carbons (Fsp3) is 0.462. The third kappa shape index (κ3) is 2.99. The van der Waals surface area contributed by atoms with Crippen molar-refractivity contribution in [2.45, 2.75) is 26.7 Å². The summed E-state index contributed by atoms with van der Waals surface area (Å²) >= 11 is 0. The minimum atomic E-state index is -0.271. The molecule has 0 fully saturated rings. The molecule has 1 atom stereocenters. The average Bonchev–Trinajstić information content (AvgIpc) is 2.29. The second-order valence-corrected chi connectivity index (χ2v) is 4.05. The van der Waals surface area contributed by atoms with Gasteiger partial charge in [0, 0.05) is 0 Å². The van der Waals surface area contributed by atoms with Gasteiger partial charge in [-0.2, -0.15) is 5.26 Å². The van der Waals surface area contributed by atoms with E-state index in [2.05, 4.69) is 6.07 Å². The molecular formula is C13H17NO. The van der Waals surface area contributed by atoms with Gasteiger partial charge >= 0.3 is 0 Å². The molecule has 0 saturated carbocycles. The standard InChI is InChI=1S/C13H17NO/c1-4-13(2,10-14)9-11-6-5-7-12(8-11)15-3/h5-8H,4,9H2,1-3H3. The lowest BCUT2D eigenvalue weighted by molar-refractivity contribution is 0.407. The molecule has 2 nitrogen and oxygen atoms in total. The van der Waals surface area contributed by atoms with Crippen molar-refractivity contribution in [1.29, 1.82) is 5.26 Å². The van der Waals surface area contributed by atoms with Crippen LogP contribution in [0.15, 0.2) is 24.3 Å². The van der Waals surface area contributed by atoms with Crippen LogP contribution in [-0.4, -0.2) is 7.11 Å². The Hall–Kier alpha value is -1.49. The highest BCUT2D eigenvalue weighted by Crippen LogP contribution is 2.26. The monoisotopic (exact) mass is 203 g/mol. The van der Waals surface area contributed by atoms with Crippen LogP contribution in [-0.2, 0) is 6.42 Å². The van der Waals surface area contributed by atoms with Gasteiger partial charge < -0.3 is 4.74 Å². The van der Waals surface area contributed by atoms with E-state index in [0.29, 0.717) is 0 Å². The Morgan fingerprint density at radius 1 is 1.47 bits per heavy atom. The predicted octanol–water partition coefficient (Wildman–Crippen LogP) is 3.18. The number of methoxy groups -OCH3 is 1. The summed E-state index contributed by atoms with van der Waals surface area (Å²) in [6, 6.07) is 10.3. The summed E-state index contributed by atoms with van der Waals surface area (Å²) in [6.07, 6.45) is 1.64. The fourth-order valence-electron chi connectivity index (χ4n) is 1.48. The summed E-state index contributed by atoms with van der Waals surface area (Å²) in [6.45, 7) is 4.04. The number of ether oxygens (including phenoxy) is 1. The highest BCUT2D eigenvalue weighted by molar-refractivity contribution is 5.29. The molecule has 1 aromatic carbocycles. The maximum Gasteiger partial charge on any atom is 0.119 e. The third-order valence-corrected chi connectivity index (χ3v) is 2.78. The van der Waals surface area contributed by atoms with Gasteiger partial charge in [0.1, 0.15) is 5.75 Å². The van der Waals surface area contributed by atoms with E-state index in [-0.39, 0.29) is 5.41 Å². The molecular weight excluding hydrogens is 186 g/mol. The van der Waals surface area contributed by atoms with Gasteiger partial charge in [-0.3, -0.25) is 0 Å². The van der Waals surface area contributed by atoms with E-state index < -0.39 is 0 Å². The van der Waals surface area contributed by atoms with Crippen LogP contribution in [0.1, 0.15) is 25.8 Å². The van der Waals surface area contributed by atoms with Gasteiger partial charge in [0.25, 0.3) is 0 Å². The molecule has 0 aliphatic rings. The smallest absolute Gasteiger partial charge is 0.119 e. The molecule has 0 aliphatic carbocycles. The summed E-state index contributed by atoms with van der Waals surface area (Å²) in [5, 5.41) is 9.09. The lowest BCUT2D eigenvalue weighted by Crippen LogP contribution is -2.15. The molecule has 0 N–H and O–H groups in total. The largest absolute Gasteiger partial charge is 0.497 e. The van der Waals surface area contributed by atoms with Crippen LogP contribution in [0.5, 0.6) is 5.75 Å². The van der Waals surface area contributed by atoms with Crippen molar-refractivity contribution in [2.24, 2.45) is 5.41 Å². The number of nitrogens with zero attached hydrogens (tertiary/aromatic N) is 1. The molecule has 0 amide bonds. The number of rotatable bonds is 4. The molecule has 2 heteroatoms. The van der Waals surface area contributed by atoms with E-state index in [1.54, 1.807) is 7.11 Å². The van der Waals surface area contributed by atoms with Crippen molar-refractivity contribution in [3.63, 3.8) is 0 Å². The Morgan fingerprint density at radius 2 is 2.20 bits per heavy atom. The van der Waals surface area contributed by atoms with Crippen LogP contribution in [0.25, 0.3) is 0 Å². The van der Waals surface area contributed by atoms with Gasteiger partial charge in [-0.1, -0.05) is 19.1 Å². The molecule has 15 heavy (non-hydrogen) atoms. The second-order valence-electron chi connectivity index (χ2n) is 4.05. The SMILES string of the molecule is CCC(C)(C#N)Cc1cccc(OC)c1.